The van der Waals surface area contributed by atoms with Crippen LogP contribution >= 0.6 is 12.2 Å². The van der Waals surface area contributed by atoms with Crippen LogP contribution in [0.3, 0.4) is 0 Å². The van der Waals surface area contributed by atoms with Crippen molar-refractivity contribution < 1.29 is 9.59 Å². The summed E-state index contributed by atoms with van der Waals surface area (Å²) < 4.78 is 2.73. The fraction of sp³-hybridized carbons (Fsp3) is 0.478. The smallest absolute Gasteiger partial charge is 0.225 e. The minimum Gasteiger partial charge on any atom is -0.343 e. The zero-order valence-electron chi connectivity index (χ0n) is 18.2. The number of aromatic nitrogens is 3. The minimum absolute atomic E-state index is 0.0567. The first-order valence-electron chi connectivity index (χ1n) is 10.9. The van der Waals surface area contributed by atoms with Crippen molar-refractivity contribution in [1.29, 1.82) is 0 Å². The second-order valence-corrected chi connectivity index (χ2v) is 8.98. The van der Waals surface area contributed by atoms with E-state index in [4.69, 9.17) is 12.2 Å². The number of carbonyl (C=O) groups excluding carboxylic acids is 2. The minimum atomic E-state index is -0.263. The molecule has 1 aromatic carbocycles. The topological polar surface area (TPSA) is 74.2 Å². The van der Waals surface area contributed by atoms with Crippen molar-refractivity contribution in [3.05, 3.63) is 52.2 Å². The number of aromatic amines is 1. The number of nitrogens with one attached hydrogen (secondary N) is 1. The highest BCUT2D eigenvalue weighted by Crippen LogP contribution is 2.34. The average molecular weight is 440 g/mol. The van der Waals surface area contributed by atoms with E-state index in [1.54, 1.807) is 18.0 Å². The molecule has 31 heavy (non-hydrogen) atoms. The molecule has 2 amide bonds. The van der Waals surface area contributed by atoms with Crippen molar-refractivity contribution in [1.82, 2.24) is 24.6 Å². The average Bonchev–Trinajstić information content (AvgIpc) is 3.15. The van der Waals surface area contributed by atoms with Crippen molar-refractivity contribution in [3.8, 4) is 0 Å². The molecule has 1 N–H and O–H groups in total. The molecule has 7 nitrogen and oxygen atoms in total. The van der Waals surface area contributed by atoms with E-state index in [-0.39, 0.29) is 36.2 Å². The van der Waals surface area contributed by atoms with Gasteiger partial charge in [0.15, 0.2) is 4.77 Å². The lowest BCUT2D eigenvalue weighted by atomic mass is 9.92. The summed E-state index contributed by atoms with van der Waals surface area (Å²) in [5.74, 6) is 1.30. The third kappa shape index (κ3) is 4.21. The quantitative estimate of drug-likeness (QED) is 0.725. The van der Waals surface area contributed by atoms with Gasteiger partial charge in [-0.1, -0.05) is 24.3 Å². The summed E-state index contributed by atoms with van der Waals surface area (Å²) in [4.78, 5) is 29.0. The third-order valence-electron chi connectivity index (χ3n) is 6.30. The monoisotopic (exact) mass is 439 g/mol. The standard InChI is InChI=1S/C23H29N5O2S/c1-15(2)28-22(24-25-23(28)31)18-8-11-26(12-9-18)21(30)14-20-19-7-5-4-6-17(19)10-13-27(20)16(3)29/h4-7,10,13,15,18,20H,8-9,11-12,14H2,1-3H3,(H,25,31). The Morgan fingerprint density at radius 2 is 1.94 bits per heavy atom. The maximum Gasteiger partial charge on any atom is 0.225 e. The Morgan fingerprint density at radius 1 is 1.23 bits per heavy atom. The molecule has 2 aromatic rings. The number of carbonyl (C=O) groups is 2. The van der Waals surface area contributed by atoms with Gasteiger partial charge in [0.2, 0.25) is 11.8 Å². The van der Waals surface area contributed by atoms with Gasteiger partial charge in [-0.25, -0.2) is 0 Å². The Balaban J connectivity index is 1.45. The number of fused-ring (bicyclic) bond motifs is 1. The molecule has 1 saturated heterocycles. The van der Waals surface area contributed by atoms with E-state index in [0.717, 1.165) is 29.8 Å². The van der Waals surface area contributed by atoms with E-state index in [2.05, 4.69) is 28.6 Å². The molecule has 0 radical (unpaired) electrons. The maximum absolute atomic E-state index is 13.2. The van der Waals surface area contributed by atoms with E-state index in [0.29, 0.717) is 17.9 Å². The number of hydrogen-bond acceptors (Lipinski definition) is 4. The molecule has 0 bridgehead atoms. The van der Waals surface area contributed by atoms with Crippen molar-refractivity contribution in [2.75, 3.05) is 13.1 Å². The van der Waals surface area contributed by atoms with Gasteiger partial charge in [-0.2, -0.15) is 5.10 Å². The Bertz CT molecular complexity index is 1060. The number of benzene rings is 1. The highest BCUT2D eigenvalue weighted by atomic mass is 32.1. The first-order chi connectivity index (χ1) is 14.9. The van der Waals surface area contributed by atoms with Crippen LogP contribution < -0.4 is 0 Å². The first kappa shape index (κ1) is 21.5. The van der Waals surface area contributed by atoms with E-state index < -0.39 is 0 Å². The Kier molecular flexibility index (Phi) is 6.09. The molecular weight excluding hydrogens is 410 g/mol. The summed E-state index contributed by atoms with van der Waals surface area (Å²) in [6.07, 6.45) is 5.73. The van der Waals surface area contributed by atoms with Crippen molar-refractivity contribution >= 4 is 30.1 Å². The van der Waals surface area contributed by atoms with Crippen LogP contribution in [0, 0.1) is 4.77 Å². The summed E-state index contributed by atoms with van der Waals surface area (Å²) in [5.41, 5.74) is 2.09. The van der Waals surface area contributed by atoms with Crippen LogP contribution in [0.25, 0.3) is 6.08 Å². The summed E-state index contributed by atoms with van der Waals surface area (Å²) >= 11 is 5.38. The van der Waals surface area contributed by atoms with Crippen LogP contribution in [0.15, 0.2) is 30.5 Å². The number of rotatable bonds is 4. The number of nitrogens with zero attached hydrogens (tertiary/aromatic N) is 4. The number of amides is 2. The van der Waals surface area contributed by atoms with Gasteiger partial charge in [0.1, 0.15) is 5.82 Å². The van der Waals surface area contributed by atoms with Gasteiger partial charge >= 0.3 is 0 Å². The molecule has 164 valence electrons. The van der Waals surface area contributed by atoms with Crippen LogP contribution in [0.4, 0.5) is 0 Å². The lowest BCUT2D eigenvalue weighted by Gasteiger charge is -2.36. The highest BCUT2D eigenvalue weighted by Gasteiger charge is 2.32. The van der Waals surface area contributed by atoms with Crippen molar-refractivity contribution in [2.45, 2.75) is 58.0 Å². The van der Waals surface area contributed by atoms with Gasteiger partial charge in [-0.05, 0) is 56.1 Å². The Hall–Kier alpha value is -2.74. The van der Waals surface area contributed by atoms with Gasteiger partial charge in [-0.15, -0.1) is 0 Å². The number of likely N-dealkylation sites (tertiary alicyclic amines) is 1. The molecule has 1 fully saturated rings. The molecule has 8 heteroatoms. The number of H-pyrrole nitrogens is 1. The van der Waals surface area contributed by atoms with Crippen LogP contribution in [-0.2, 0) is 9.59 Å². The molecule has 2 aliphatic heterocycles. The normalized spacial score (nSPS) is 19.0. The van der Waals surface area contributed by atoms with Gasteiger partial charge in [0, 0.05) is 38.2 Å². The van der Waals surface area contributed by atoms with Gasteiger partial charge in [-0.3, -0.25) is 14.7 Å². The predicted octanol–water partition coefficient (Wildman–Crippen LogP) is 4.19. The summed E-state index contributed by atoms with van der Waals surface area (Å²) in [5, 5.41) is 7.39. The van der Waals surface area contributed by atoms with Crippen LogP contribution in [0.1, 0.15) is 75.0 Å². The first-order valence-corrected chi connectivity index (χ1v) is 11.3. The third-order valence-corrected chi connectivity index (χ3v) is 6.59. The molecule has 1 atom stereocenters. The van der Waals surface area contributed by atoms with Crippen LogP contribution in [0.5, 0.6) is 0 Å². The van der Waals surface area contributed by atoms with Crippen molar-refractivity contribution in [3.63, 3.8) is 0 Å². The van der Waals surface area contributed by atoms with Gasteiger partial charge < -0.3 is 14.4 Å². The summed E-state index contributed by atoms with van der Waals surface area (Å²) in [6, 6.07) is 7.95. The molecule has 2 aliphatic rings. The Labute approximate surface area is 187 Å². The predicted molar refractivity (Wildman–Crippen MR) is 122 cm³/mol. The van der Waals surface area contributed by atoms with E-state index in [1.807, 2.05) is 35.2 Å². The van der Waals surface area contributed by atoms with Gasteiger partial charge in [0.25, 0.3) is 0 Å². The van der Waals surface area contributed by atoms with Crippen LogP contribution in [-0.4, -0.2) is 49.5 Å². The maximum atomic E-state index is 13.2. The zero-order valence-corrected chi connectivity index (χ0v) is 19.1. The molecule has 1 aromatic heterocycles. The summed E-state index contributed by atoms with van der Waals surface area (Å²) in [7, 11) is 0. The molecule has 4 rings (SSSR count). The van der Waals surface area contributed by atoms with Gasteiger partial charge in [0.05, 0.1) is 12.5 Å². The lowest BCUT2D eigenvalue weighted by molar-refractivity contribution is -0.135. The lowest BCUT2D eigenvalue weighted by Crippen LogP contribution is -2.41. The second kappa shape index (κ2) is 8.78. The fourth-order valence-corrected chi connectivity index (χ4v) is 5.05. The largest absolute Gasteiger partial charge is 0.343 e. The zero-order chi connectivity index (χ0) is 22.1. The number of hydrogen-bond donors (Lipinski definition) is 1. The fourth-order valence-electron chi connectivity index (χ4n) is 4.70. The highest BCUT2D eigenvalue weighted by molar-refractivity contribution is 7.71. The number of piperidine rings is 1. The molecule has 0 aliphatic carbocycles. The molecule has 0 saturated carbocycles. The van der Waals surface area contributed by atoms with E-state index in [1.165, 1.54) is 0 Å². The van der Waals surface area contributed by atoms with Crippen LogP contribution in [0.2, 0.25) is 0 Å². The van der Waals surface area contributed by atoms with E-state index >= 15 is 0 Å². The Morgan fingerprint density at radius 3 is 2.61 bits per heavy atom. The SMILES string of the molecule is CC(=O)N1C=Cc2ccccc2C1CC(=O)N1CCC(c2n[nH]c(=S)n2C(C)C)CC1. The summed E-state index contributed by atoms with van der Waals surface area (Å²) in [6.45, 7) is 7.12. The molecule has 0 spiro atoms. The molecular formula is C23H29N5O2S. The molecule has 1 unspecified atom stereocenters. The van der Waals surface area contributed by atoms with Crippen molar-refractivity contribution in [2.24, 2.45) is 0 Å². The van der Waals surface area contributed by atoms with E-state index in [9.17, 15) is 9.59 Å². The second-order valence-electron chi connectivity index (χ2n) is 8.60. The molecule has 3 heterocycles.